The number of piperidine rings is 1. The molecule has 4 nitrogen and oxygen atoms in total. The molecule has 1 heterocycles. The molecule has 106 valence electrons. The molecule has 2 N–H and O–H groups in total. The number of carbonyl (C=O) groups is 1. The van der Waals surface area contributed by atoms with Gasteiger partial charge < -0.3 is 15.5 Å². The minimum atomic E-state index is 0.120. The molecule has 1 saturated heterocycles. The van der Waals surface area contributed by atoms with Crippen LogP contribution in [0.1, 0.15) is 39.0 Å². The second kappa shape index (κ2) is 7.74. The molecule has 0 bridgehead atoms. The van der Waals surface area contributed by atoms with Crippen LogP contribution in [0.2, 0.25) is 0 Å². The van der Waals surface area contributed by atoms with Gasteiger partial charge in [-0.2, -0.15) is 0 Å². The second-order valence-corrected chi connectivity index (χ2v) is 5.89. The van der Waals surface area contributed by atoms with Crippen LogP contribution in [-0.4, -0.2) is 55.5 Å². The molecule has 0 saturated carbocycles. The topological polar surface area (TPSA) is 49.6 Å². The Labute approximate surface area is 111 Å². The van der Waals surface area contributed by atoms with E-state index in [1.807, 2.05) is 18.9 Å². The minimum Gasteiger partial charge on any atom is -0.346 e. The molecule has 2 atom stereocenters. The van der Waals surface area contributed by atoms with Crippen molar-refractivity contribution in [1.82, 2.24) is 9.80 Å². The van der Waals surface area contributed by atoms with Crippen LogP contribution in [0.3, 0.4) is 0 Å². The van der Waals surface area contributed by atoms with Crippen molar-refractivity contribution in [1.29, 1.82) is 0 Å². The molecular formula is C14H29N3O. The molecule has 18 heavy (non-hydrogen) atoms. The molecular weight excluding hydrogens is 226 g/mol. The number of carbonyl (C=O) groups excluding carboxylic acids is 1. The van der Waals surface area contributed by atoms with E-state index in [4.69, 9.17) is 5.73 Å². The fourth-order valence-electron chi connectivity index (χ4n) is 2.55. The molecule has 0 aromatic rings. The van der Waals surface area contributed by atoms with Crippen LogP contribution in [0.25, 0.3) is 0 Å². The van der Waals surface area contributed by atoms with E-state index in [1.54, 1.807) is 0 Å². The van der Waals surface area contributed by atoms with Gasteiger partial charge in [0.05, 0.1) is 0 Å². The highest BCUT2D eigenvalue weighted by Crippen LogP contribution is 2.18. The van der Waals surface area contributed by atoms with E-state index in [-0.39, 0.29) is 11.9 Å². The predicted molar refractivity (Wildman–Crippen MR) is 75.4 cm³/mol. The SMILES string of the molecule is CC(N)CCC(=O)N(C)CCC1CCCN(C)C1. The lowest BCUT2D eigenvalue weighted by atomic mass is 9.95. The first-order chi connectivity index (χ1) is 8.49. The Hall–Kier alpha value is -0.610. The van der Waals surface area contributed by atoms with Crippen molar-refractivity contribution in [3.63, 3.8) is 0 Å². The van der Waals surface area contributed by atoms with E-state index in [2.05, 4.69) is 11.9 Å². The summed E-state index contributed by atoms with van der Waals surface area (Å²) in [5.41, 5.74) is 5.67. The van der Waals surface area contributed by atoms with Gasteiger partial charge in [-0.1, -0.05) is 0 Å². The van der Waals surface area contributed by atoms with Gasteiger partial charge in [-0.15, -0.1) is 0 Å². The first kappa shape index (κ1) is 15.4. The van der Waals surface area contributed by atoms with Gasteiger partial charge in [-0.05, 0) is 52.1 Å². The number of hydrogen-bond donors (Lipinski definition) is 1. The summed E-state index contributed by atoms with van der Waals surface area (Å²) in [6.45, 7) is 5.24. The van der Waals surface area contributed by atoms with E-state index in [9.17, 15) is 4.79 Å². The van der Waals surface area contributed by atoms with Crippen molar-refractivity contribution in [3.05, 3.63) is 0 Å². The van der Waals surface area contributed by atoms with Gasteiger partial charge in [-0.25, -0.2) is 0 Å². The van der Waals surface area contributed by atoms with Crippen molar-refractivity contribution >= 4 is 5.91 Å². The second-order valence-electron chi connectivity index (χ2n) is 5.89. The summed E-state index contributed by atoms with van der Waals surface area (Å²) in [6.07, 6.45) is 5.11. The third-order valence-electron chi connectivity index (χ3n) is 3.83. The van der Waals surface area contributed by atoms with Crippen molar-refractivity contribution in [2.75, 3.05) is 33.7 Å². The van der Waals surface area contributed by atoms with Crippen LogP contribution >= 0.6 is 0 Å². The third kappa shape index (κ3) is 5.83. The lowest BCUT2D eigenvalue weighted by Crippen LogP contribution is -2.35. The lowest BCUT2D eigenvalue weighted by molar-refractivity contribution is -0.130. The van der Waals surface area contributed by atoms with Gasteiger partial charge in [0.15, 0.2) is 0 Å². The molecule has 0 radical (unpaired) electrons. The Morgan fingerprint density at radius 3 is 2.89 bits per heavy atom. The molecule has 0 spiro atoms. The summed E-state index contributed by atoms with van der Waals surface area (Å²) in [7, 11) is 4.10. The van der Waals surface area contributed by atoms with Gasteiger partial charge in [-0.3, -0.25) is 4.79 Å². The average molecular weight is 255 g/mol. The van der Waals surface area contributed by atoms with E-state index < -0.39 is 0 Å². The molecule has 0 aliphatic carbocycles. The van der Waals surface area contributed by atoms with Gasteiger partial charge in [0, 0.05) is 32.6 Å². The molecule has 1 fully saturated rings. The maximum Gasteiger partial charge on any atom is 0.222 e. The van der Waals surface area contributed by atoms with Crippen molar-refractivity contribution in [2.45, 2.75) is 45.1 Å². The van der Waals surface area contributed by atoms with Crippen molar-refractivity contribution < 1.29 is 4.79 Å². The average Bonchev–Trinajstić information content (AvgIpc) is 2.33. The van der Waals surface area contributed by atoms with Gasteiger partial charge >= 0.3 is 0 Å². The number of nitrogens with two attached hydrogens (primary N) is 1. The molecule has 1 amide bonds. The largest absolute Gasteiger partial charge is 0.346 e. The van der Waals surface area contributed by atoms with E-state index >= 15 is 0 Å². The van der Waals surface area contributed by atoms with Gasteiger partial charge in [0.25, 0.3) is 0 Å². The summed E-state index contributed by atoms with van der Waals surface area (Å²) in [6, 6.07) is 0.120. The normalized spacial score (nSPS) is 22.8. The molecule has 0 aromatic heterocycles. The van der Waals surface area contributed by atoms with Gasteiger partial charge in [0.2, 0.25) is 5.91 Å². The van der Waals surface area contributed by atoms with E-state index in [0.29, 0.717) is 6.42 Å². The smallest absolute Gasteiger partial charge is 0.222 e. The molecule has 1 rings (SSSR count). The fourth-order valence-corrected chi connectivity index (χ4v) is 2.55. The lowest BCUT2D eigenvalue weighted by Gasteiger charge is -2.30. The molecule has 0 aromatic carbocycles. The summed E-state index contributed by atoms with van der Waals surface area (Å²) in [4.78, 5) is 16.1. The quantitative estimate of drug-likeness (QED) is 0.778. The Bertz CT molecular complexity index is 255. The number of rotatable bonds is 6. The Balaban J connectivity index is 2.19. The Morgan fingerprint density at radius 1 is 1.56 bits per heavy atom. The Morgan fingerprint density at radius 2 is 2.28 bits per heavy atom. The van der Waals surface area contributed by atoms with Crippen LogP contribution in [-0.2, 0) is 4.79 Å². The number of hydrogen-bond acceptors (Lipinski definition) is 3. The number of amides is 1. The first-order valence-corrected chi connectivity index (χ1v) is 7.17. The van der Waals surface area contributed by atoms with Crippen LogP contribution < -0.4 is 5.73 Å². The monoisotopic (exact) mass is 255 g/mol. The van der Waals surface area contributed by atoms with Crippen molar-refractivity contribution in [3.8, 4) is 0 Å². The summed E-state index contributed by atoms with van der Waals surface area (Å²) >= 11 is 0. The minimum absolute atomic E-state index is 0.120. The standard InChI is InChI=1S/C14H29N3O/c1-12(15)6-7-14(18)17(3)10-8-13-5-4-9-16(2)11-13/h12-13H,4-11,15H2,1-3H3. The highest BCUT2D eigenvalue weighted by atomic mass is 16.2. The Kier molecular flexibility index (Phi) is 6.65. The molecule has 1 aliphatic heterocycles. The van der Waals surface area contributed by atoms with E-state index in [0.717, 1.165) is 25.3 Å². The maximum atomic E-state index is 11.8. The van der Waals surface area contributed by atoms with Crippen LogP contribution in [0.4, 0.5) is 0 Å². The number of nitrogens with zero attached hydrogens (tertiary/aromatic N) is 2. The summed E-state index contributed by atoms with van der Waals surface area (Å²) in [5, 5.41) is 0. The van der Waals surface area contributed by atoms with Crippen LogP contribution in [0, 0.1) is 5.92 Å². The first-order valence-electron chi connectivity index (χ1n) is 7.17. The zero-order chi connectivity index (χ0) is 13.5. The zero-order valence-corrected chi connectivity index (χ0v) is 12.2. The molecule has 2 unspecified atom stereocenters. The maximum absolute atomic E-state index is 11.8. The fraction of sp³-hybridized carbons (Fsp3) is 0.929. The summed E-state index contributed by atoms with van der Waals surface area (Å²) in [5.74, 6) is 0.990. The highest BCUT2D eigenvalue weighted by molar-refractivity contribution is 5.75. The van der Waals surface area contributed by atoms with E-state index in [1.165, 1.54) is 25.9 Å². The third-order valence-corrected chi connectivity index (χ3v) is 3.83. The number of likely N-dealkylation sites (tertiary alicyclic amines) is 1. The van der Waals surface area contributed by atoms with Crippen molar-refractivity contribution in [2.24, 2.45) is 11.7 Å². The highest BCUT2D eigenvalue weighted by Gasteiger charge is 2.18. The zero-order valence-electron chi connectivity index (χ0n) is 12.2. The summed E-state index contributed by atoms with van der Waals surface area (Å²) < 4.78 is 0. The van der Waals surface area contributed by atoms with Gasteiger partial charge in [0.1, 0.15) is 0 Å². The van der Waals surface area contributed by atoms with Crippen LogP contribution in [0.5, 0.6) is 0 Å². The van der Waals surface area contributed by atoms with Crippen LogP contribution in [0.15, 0.2) is 0 Å². The molecule has 1 aliphatic rings. The molecule has 4 heteroatoms. The predicted octanol–water partition coefficient (Wildman–Crippen LogP) is 1.30.